The Labute approximate surface area is 119 Å². The summed E-state index contributed by atoms with van der Waals surface area (Å²) in [6.45, 7) is 0. The van der Waals surface area contributed by atoms with Crippen LogP contribution in [-0.4, -0.2) is 18.7 Å². The molecule has 2 aromatic carbocycles. The average molecular weight is 266 g/mol. The summed E-state index contributed by atoms with van der Waals surface area (Å²) in [5, 5.41) is 14.8. The van der Waals surface area contributed by atoms with Gasteiger partial charge in [-0.1, -0.05) is 36.4 Å². The Kier molecular flexibility index (Phi) is 3.33. The highest BCUT2D eigenvalue weighted by Gasteiger charge is 2.39. The second-order valence-electron chi connectivity index (χ2n) is 5.40. The maximum Gasteiger partial charge on any atom is 0.127 e. The van der Waals surface area contributed by atoms with E-state index in [1.54, 1.807) is 0 Å². The van der Waals surface area contributed by atoms with Gasteiger partial charge in [-0.2, -0.15) is 5.26 Å². The molecule has 0 saturated heterocycles. The zero-order valence-corrected chi connectivity index (χ0v) is 11.6. The van der Waals surface area contributed by atoms with E-state index < -0.39 is 5.54 Å². The van der Waals surface area contributed by atoms with Crippen LogP contribution >= 0.6 is 0 Å². The maximum absolute atomic E-state index is 9.30. The van der Waals surface area contributed by atoms with Crippen LogP contribution in [0.25, 0.3) is 10.8 Å². The van der Waals surface area contributed by atoms with E-state index in [0.29, 0.717) is 0 Å². The van der Waals surface area contributed by atoms with Gasteiger partial charge < -0.3 is 10.1 Å². The van der Waals surface area contributed by atoms with Gasteiger partial charge in [0.1, 0.15) is 17.4 Å². The van der Waals surface area contributed by atoms with Crippen LogP contribution in [-0.2, 0) is 0 Å². The molecule has 1 saturated carbocycles. The number of hydrogen-bond donors (Lipinski definition) is 1. The first-order valence-electron chi connectivity index (χ1n) is 7.01. The molecule has 2 unspecified atom stereocenters. The number of nitrogens with one attached hydrogen (secondary N) is 1. The first-order valence-corrected chi connectivity index (χ1v) is 7.01. The maximum atomic E-state index is 9.30. The largest absolute Gasteiger partial charge is 0.490 e. The fourth-order valence-electron chi connectivity index (χ4n) is 2.96. The average Bonchev–Trinajstić information content (AvgIpc) is 2.92. The summed E-state index contributed by atoms with van der Waals surface area (Å²) in [5.41, 5.74) is -0.421. The lowest BCUT2D eigenvalue weighted by atomic mass is 10.0. The van der Waals surface area contributed by atoms with Gasteiger partial charge in [-0.3, -0.25) is 0 Å². The Hall–Kier alpha value is -2.05. The van der Waals surface area contributed by atoms with E-state index in [1.165, 1.54) is 5.39 Å². The Morgan fingerprint density at radius 3 is 2.80 bits per heavy atom. The molecule has 1 aliphatic rings. The summed E-state index contributed by atoms with van der Waals surface area (Å²) in [6, 6.07) is 16.7. The summed E-state index contributed by atoms with van der Waals surface area (Å²) in [7, 11) is 1.85. The summed E-state index contributed by atoms with van der Waals surface area (Å²) < 4.78 is 6.16. The van der Waals surface area contributed by atoms with Gasteiger partial charge >= 0.3 is 0 Å². The predicted molar refractivity (Wildman–Crippen MR) is 79.6 cm³/mol. The Bertz CT molecular complexity index is 656. The van der Waals surface area contributed by atoms with Gasteiger partial charge in [0.2, 0.25) is 0 Å². The van der Waals surface area contributed by atoms with E-state index in [1.807, 2.05) is 31.3 Å². The molecule has 3 nitrogen and oxygen atoms in total. The topological polar surface area (TPSA) is 45.0 Å². The molecule has 3 rings (SSSR count). The standard InChI is InChI=1S/C17H18N2O/c1-19-17(12-18)10-9-14(11-17)20-16-8-4-6-13-5-2-3-7-15(13)16/h2-8,14,19H,9-11H2,1H3. The van der Waals surface area contributed by atoms with Crippen molar-refractivity contribution in [1.29, 1.82) is 5.26 Å². The van der Waals surface area contributed by atoms with Gasteiger partial charge in [0.15, 0.2) is 0 Å². The summed E-state index contributed by atoms with van der Waals surface area (Å²) >= 11 is 0. The molecule has 1 fully saturated rings. The molecule has 0 aliphatic heterocycles. The van der Waals surface area contributed by atoms with Crippen LogP contribution in [0.2, 0.25) is 0 Å². The summed E-state index contributed by atoms with van der Waals surface area (Å²) in [6.07, 6.45) is 2.60. The molecule has 3 heteroatoms. The molecule has 0 amide bonds. The zero-order chi connectivity index (χ0) is 14.0. The lowest BCUT2D eigenvalue weighted by Gasteiger charge is -2.20. The van der Waals surface area contributed by atoms with Gasteiger partial charge in [0.25, 0.3) is 0 Å². The first kappa shape index (κ1) is 13.0. The first-order chi connectivity index (χ1) is 9.76. The zero-order valence-electron chi connectivity index (χ0n) is 11.6. The third-order valence-corrected chi connectivity index (χ3v) is 4.21. The smallest absolute Gasteiger partial charge is 0.127 e. The summed E-state index contributed by atoms with van der Waals surface area (Å²) in [4.78, 5) is 0. The van der Waals surface area contributed by atoms with Crippen molar-refractivity contribution >= 4 is 10.8 Å². The molecule has 0 heterocycles. The van der Waals surface area contributed by atoms with Crippen molar-refractivity contribution in [3.8, 4) is 11.8 Å². The van der Waals surface area contributed by atoms with Crippen molar-refractivity contribution in [3.63, 3.8) is 0 Å². The molecular formula is C17H18N2O. The number of benzene rings is 2. The van der Waals surface area contributed by atoms with Crippen molar-refractivity contribution in [2.24, 2.45) is 0 Å². The van der Waals surface area contributed by atoms with Crippen LogP contribution in [0, 0.1) is 11.3 Å². The van der Waals surface area contributed by atoms with E-state index in [0.717, 1.165) is 30.4 Å². The van der Waals surface area contributed by atoms with Crippen LogP contribution in [0.3, 0.4) is 0 Å². The van der Waals surface area contributed by atoms with Crippen LogP contribution < -0.4 is 10.1 Å². The minimum atomic E-state index is -0.421. The third-order valence-electron chi connectivity index (χ3n) is 4.21. The number of nitrogens with zero attached hydrogens (tertiary/aromatic N) is 1. The van der Waals surface area contributed by atoms with Crippen molar-refractivity contribution in [1.82, 2.24) is 5.32 Å². The number of fused-ring (bicyclic) bond motifs is 1. The van der Waals surface area contributed by atoms with Gasteiger partial charge in [0, 0.05) is 11.8 Å². The molecule has 0 radical (unpaired) electrons. The van der Waals surface area contributed by atoms with Crippen molar-refractivity contribution in [3.05, 3.63) is 42.5 Å². The van der Waals surface area contributed by atoms with E-state index in [9.17, 15) is 5.26 Å². The number of nitriles is 1. The molecule has 2 aromatic rings. The van der Waals surface area contributed by atoms with Crippen molar-refractivity contribution in [2.75, 3.05) is 7.05 Å². The SMILES string of the molecule is CNC1(C#N)CCC(Oc2cccc3ccccc23)C1. The molecule has 2 atom stereocenters. The van der Waals surface area contributed by atoms with Gasteiger partial charge in [-0.15, -0.1) is 0 Å². The molecular weight excluding hydrogens is 248 g/mol. The normalized spacial score (nSPS) is 25.5. The van der Waals surface area contributed by atoms with Crippen LogP contribution in [0.5, 0.6) is 5.75 Å². The lowest BCUT2D eigenvalue weighted by molar-refractivity contribution is 0.204. The van der Waals surface area contributed by atoms with Gasteiger partial charge in [0.05, 0.1) is 6.07 Å². The monoisotopic (exact) mass is 266 g/mol. The number of ether oxygens (including phenoxy) is 1. The van der Waals surface area contributed by atoms with Gasteiger partial charge in [-0.25, -0.2) is 0 Å². The van der Waals surface area contributed by atoms with Crippen molar-refractivity contribution in [2.45, 2.75) is 30.9 Å². The molecule has 20 heavy (non-hydrogen) atoms. The highest BCUT2D eigenvalue weighted by atomic mass is 16.5. The highest BCUT2D eigenvalue weighted by Crippen LogP contribution is 2.34. The van der Waals surface area contributed by atoms with Crippen LogP contribution in [0.1, 0.15) is 19.3 Å². The highest BCUT2D eigenvalue weighted by molar-refractivity contribution is 5.88. The van der Waals surface area contributed by atoms with E-state index in [4.69, 9.17) is 4.74 Å². The number of hydrogen-bond acceptors (Lipinski definition) is 3. The number of rotatable bonds is 3. The van der Waals surface area contributed by atoms with E-state index in [-0.39, 0.29) is 6.10 Å². The predicted octanol–water partition coefficient (Wildman–Crippen LogP) is 3.25. The molecule has 102 valence electrons. The summed E-state index contributed by atoms with van der Waals surface area (Å²) in [5.74, 6) is 0.915. The third kappa shape index (κ3) is 2.23. The van der Waals surface area contributed by atoms with Crippen LogP contribution in [0.15, 0.2) is 42.5 Å². The van der Waals surface area contributed by atoms with Crippen LogP contribution in [0.4, 0.5) is 0 Å². The van der Waals surface area contributed by atoms with Crippen molar-refractivity contribution < 1.29 is 4.74 Å². The molecule has 0 aromatic heterocycles. The minimum absolute atomic E-state index is 0.105. The van der Waals surface area contributed by atoms with Gasteiger partial charge in [-0.05, 0) is 31.3 Å². The quantitative estimate of drug-likeness (QED) is 0.927. The molecule has 1 aliphatic carbocycles. The second kappa shape index (κ2) is 5.15. The fourth-order valence-corrected chi connectivity index (χ4v) is 2.96. The molecule has 0 spiro atoms. The Morgan fingerprint density at radius 2 is 2.05 bits per heavy atom. The minimum Gasteiger partial charge on any atom is -0.490 e. The lowest BCUT2D eigenvalue weighted by Crippen LogP contribution is -2.39. The van der Waals surface area contributed by atoms with E-state index >= 15 is 0 Å². The molecule has 1 N–H and O–H groups in total. The second-order valence-corrected chi connectivity index (χ2v) is 5.40. The Balaban J connectivity index is 1.83. The Morgan fingerprint density at radius 1 is 1.25 bits per heavy atom. The fraction of sp³-hybridized carbons (Fsp3) is 0.353. The van der Waals surface area contributed by atoms with E-state index in [2.05, 4.69) is 29.6 Å². The molecule has 0 bridgehead atoms.